The fourth-order valence-corrected chi connectivity index (χ4v) is 3.75. The van der Waals surface area contributed by atoms with Gasteiger partial charge in [0.05, 0.1) is 11.8 Å². The van der Waals surface area contributed by atoms with Crippen molar-refractivity contribution in [3.63, 3.8) is 0 Å². The second-order valence-corrected chi connectivity index (χ2v) is 9.95. The fourth-order valence-electron chi connectivity index (χ4n) is 3.75. The van der Waals surface area contributed by atoms with Gasteiger partial charge in [-0.3, -0.25) is 0 Å². The number of aromatic nitrogens is 3. The van der Waals surface area contributed by atoms with Crippen LogP contribution >= 0.6 is 0 Å². The SMILES string of the molecule is C=CCON=C(C(CC1Cc2cc(C(C)(C)C)ccc2O1)n1cncn1)C(C)(C)C. The van der Waals surface area contributed by atoms with Crippen LogP contribution in [0.4, 0.5) is 0 Å². The van der Waals surface area contributed by atoms with E-state index >= 15 is 0 Å². The highest BCUT2D eigenvalue weighted by atomic mass is 16.6. The molecule has 6 heteroatoms. The lowest BCUT2D eigenvalue weighted by molar-refractivity contribution is 0.163. The van der Waals surface area contributed by atoms with Gasteiger partial charge < -0.3 is 9.57 Å². The van der Waals surface area contributed by atoms with Crippen LogP contribution in [0.3, 0.4) is 0 Å². The maximum Gasteiger partial charge on any atom is 0.137 e. The molecule has 0 spiro atoms. The summed E-state index contributed by atoms with van der Waals surface area (Å²) in [5.41, 5.74) is 3.41. The molecule has 162 valence electrons. The molecular formula is C24H34N4O2. The maximum atomic E-state index is 6.32. The van der Waals surface area contributed by atoms with Gasteiger partial charge in [0.2, 0.25) is 0 Å². The van der Waals surface area contributed by atoms with Crippen molar-refractivity contribution in [2.24, 2.45) is 10.6 Å². The first-order chi connectivity index (χ1) is 14.1. The Balaban J connectivity index is 1.86. The van der Waals surface area contributed by atoms with Gasteiger partial charge in [-0.15, -0.1) is 0 Å². The molecule has 0 fully saturated rings. The molecule has 6 nitrogen and oxygen atoms in total. The van der Waals surface area contributed by atoms with Crippen LogP contribution in [0.15, 0.2) is 48.7 Å². The van der Waals surface area contributed by atoms with E-state index in [1.807, 2.05) is 4.68 Å². The molecule has 2 unspecified atom stereocenters. The Kier molecular flexibility index (Phi) is 6.34. The zero-order valence-corrected chi connectivity index (χ0v) is 19.1. The third kappa shape index (κ3) is 5.10. The number of oxime groups is 1. The molecule has 0 saturated carbocycles. The summed E-state index contributed by atoms with van der Waals surface area (Å²) in [5, 5.41) is 8.89. The van der Waals surface area contributed by atoms with E-state index in [1.54, 1.807) is 18.7 Å². The highest BCUT2D eigenvalue weighted by Crippen LogP contribution is 2.37. The van der Waals surface area contributed by atoms with Crippen molar-refractivity contribution in [1.29, 1.82) is 0 Å². The Morgan fingerprint density at radius 2 is 2.10 bits per heavy atom. The van der Waals surface area contributed by atoms with Crippen LogP contribution in [-0.4, -0.2) is 33.2 Å². The Morgan fingerprint density at radius 3 is 2.70 bits per heavy atom. The first-order valence-corrected chi connectivity index (χ1v) is 10.5. The Bertz CT molecular complexity index is 889. The van der Waals surface area contributed by atoms with Crippen LogP contribution in [0, 0.1) is 5.41 Å². The summed E-state index contributed by atoms with van der Waals surface area (Å²) in [6.07, 6.45) is 6.62. The van der Waals surface area contributed by atoms with E-state index in [9.17, 15) is 0 Å². The summed E-state index contributed by atoms with van der Waals surface area (Å²) in [6.45, 7) is 17.2. The van der Waals surface area contributed by atoms with Crippen LogP contribution in [-0.2, 0) is 16.7 Å². The zero-order chi connectivity index (χ0) is 21.9. The number of rotatable bonds is 7. The van der Waals surface area contributed by atoms with Gasteiger partial charge >= 0.3 is 0 Å². The van der Waals surface area contributed by atoms with Gasteiger partial charge in [-0.2, -0.15) is 5.10 Å². The van der Waals surface area contributed by atoms with E-state index in [0.717, 1.165) is 24.3 Å². The van der Waals surface area contributed by atoms with Gasteiger partial charge in [0.1, 0.15) is 31.1 Å². The number of benzene rings is 1. The molecule has 1 aliphatic heterocycles. The quantitative estimate of drug-likeness (QED) is 0.275. The number of fused-ring (bicyclic) bond motifs is 1. The van der Waals surface area contributed by atoms with Gasteiger partial charge in [0.25, 0.3) is 0 Å². The Labute approximate surface area is 180 Å². The predicted molar refractivity (Wildman–Crippen MR) is 120 cm³/mol. The van der Waals surface area contributed by atoms with Crippen molar-refractivity contribution in [2.45, 2.75) is 71.9 Å². The van der Waals surface area contributed by atoms with E-state index in [1.165, 1.54) is 11.1 Å². The lowest BCUT2D eigenvalue weighted by Gasteiger charge is -2.29. The summed E-state index contributed by atoms with van der Waals surface area (Å²) >= 11 is 0. The standard InChI is InChI=1S/C24H34N4O2/c1-8-11-29-27-22(24(5,6)7)20(28-16-25-15-26-28)14-19-13-17-12-18(23(2,3)4)9-10-21(17)30-19/h8-10,12,15-16,19-20H,1,11,13-14H2,2-7H3. The molecule has 1 aromatic heterocycles. The van der Waals surface area contributed by atoms with Crippen molar-refractivity contribution in [2.75, 3.05) is 6.61 Å². The molecule has 0 saturated heterocycles. The lowest BCUT2D eigenvalue weighted by Crippen LogP contribution is -2.35. The minimum atomic E-state index is -0.206. The molecule has 30 heavy (non-hydrogen) atoms. The minimum Gasteiger partial charge on any atom is -0.490 e. The van der Waals surface area contributed by atoms with E-state index < -0.39 is 0 Å². The minimum absolute atomic E-state index is 0.0383. The average Bonchev–Trinajstić information content (AvgIpc) is 3.30. The zero-order valence-electron chi connectivity index (χ0n) is 19.1. The third-order valence-corrected chi connectivity index (χ3v) is 5.35. The van der Waals surface area contributed by atoms with Crippen molar-refractivity contribution in [1.82, 2.24) is 14.8 Å². The van der Waals surface area contributed by atoms with Crippen molar-refractivity contribution in [3.05, 3.63) is 54.6 Å². The largest absolute Gasteiger partial charge is 0.490 e. The molecule has 2 atom stereocenters. The van der Waals surface area contributed by atoms with E-state index in [0.29, 0.717) is 6.61 Å². The highest BCUT2D eigenvalue weighted by Gasteiger charge is 2.35. The second kappa shape index (κ2) is 8.62. The molecular weight excluding hydrogens is 376 g/mol. The number of hydrogen-bond acceptors (Lipinski definition) is 5. The maximum absolute atomic E-state index is 6.32. The fraction of sp³-hybridized carbons (Fsp3) is 0.542. The molecule has 0 bridgehead atoms. The average molecular weight is 411 g/mol. The molecule has 2 heterocycles. The monoisotopic (exact) mass is 410 g/mol. The lowest BCUT2D eigenvalue weighted by atomic mass is 9.83. The van der Waals surface area contributed by atoms with Gasteiger partial charge in [-0.1, -0.05) is 71.5 Å². The molecule has 1 aromatic carbocycles. The normalized spacial score (nSPS) is 17.9. The third-order valence-electron chi connectivity index (χ3n) is 5.35. The van der Waals surface area contributed by atoms with Gasteiger partial charge in [-0.05, 0) is 22.6 Å². The first kappa shape index (κ1) is 22.1. The molecule has 0 radical (unpaired) electrons. The van der Waals surface area contributed by atoms with Crippen LogP contribution in [0.25, 0.3) is 0 Å². The highest BCUT2D eigenvalue weighted by molar-refractivity contribution is 5.92. The number of ether oxygens (including phenoxy) is 1. The topological polar surface area (TPSA) is 61.5 Å². The van der Waals surface area contributed by atoms with Crippen molar-refractivity contribution < 1.29 is 9.57 Å². The van der Waals surface area contributed by atoms with Crippen LogP contribution in [0.5, 0.6) is 5.75 Å². The summed E-state index contributed by atoms with van der Waals surface area (Å²) in [4.78, 5) is 9.65. The predicted octanol–water partition coefficient (Wildman–Crippen LogP) is 5.12. The Morgan fingerprint density at radius 1 is 1.33 bits per heavy atom. The van der Waals surface area contributed by atoms with Crippen molar-refractivity contribution >= 4 is 5.71 Å². The van der Waals surface area contributed by atoms with Gasteiger partial charge in [-0.25, -0.2) is 9.67 Å². The molecule has 1 aliphatic rings. The summed E-state index contributed by atoms with van der Waals surface area (Å²) in [6, 6.07) is 6.44. The number of nitrogens with zero attached hydrogens (tertiary/aromatic N) is 4. The van der Waals surface area contributed by atoms with Gasteiger partial charge in [0, 0.05) is 18.3 Å². The summed E-state index contributed by atoms with van der Waals surface area (Å²) in [5.74, 6) is 0.975. The molecule has 0 N–H and O–H groups in total. The van der Waals surface area contributed by atoms with Crippen molar-refractivity contribution in [3.8, 4) is 5.75 Å². The number of hydrogen-bond donors (Lipinski definition) is 0. The second-order valence-electron chi connectivity index (χ2n) is 9.95. The van der Waals surface area contributed by atoms with E-state index in [2.05, 4.69) is 81.6 Å². The molecule has 3 rings (SSSR count). The summed E-state index contributed by atoms with van der Waals surface area (Å²) < 4.78 is 8.17. The molecule has 0 amide bonds. The Hall–Kier alpha value is -2.63. The first-order valence-electron chi connectivity index (χ1n) is 10.5. The van der Waals surface area contributed by atoms with E-state index in [4.69, 9.17) is 9.57 Å². The van der Waals surface area contributed by atoms with Crippen LogP contribution in [0.1, 0.15) is 65.1 Å². The van der Waals surface area contributed by atoms with E-state index in [-0.39, 0.29) is 23.0 Å². The van der Waals surface area contributed by atoms with Gasteiger partial charge in [0.15, 0.2) is 0 Å². The molecule has 2 aromatic rings. The molecule has 0 aliphatic carbocycles. The summed E-state index contributed by atoms with van der Waals surface area (Å²) in [7, 11) is 0. The smallest absolute Gasteiger partial charge is 0.137 e. The van der Waals surface area contributed by atoms with Crippen LogP contribution < -0.4 is 4.74 Å². The van der Waals surface area contributed by atoms with Crippen LogP contribution in [0.2, 0.25) is 0 Å².